The molecule has 0 aliphatic heterocycles. The zero-order chi connectivity index (χ0) is 9.42. The average Bonchev–Trinajstić information content (AvgIpc) is 2.74. The fraction of sp³-hybridized carbons (Fsp3) is 0.636. The second-order valence-corrected chi connectivity index (χ2v) is 4.01. The van der Waals surface area contributed by atoms with Gasteiger partial charge in [-0.1, -0.05) is 19.1 Å². The lowest BCUT2D eigenvalue weighted by Gasteiger charge is -2.21. The molecule has 0 spiro atoms. The quantitative estimate of drug-likeness (QED) is 0.486. The normalized spacial score (nSPS) is 41.0. The standard InChI is InChI=1S/C11H14O2/c1-2-10(13)11-8-4-3-7(5-8)9(11)6-12/h3-4,6-9,11H,2,5H2,1H3/t7-,8+,9-,11+/m0/s1. The Hall–Kier alpha value is -0.920. The van der Waals surface area contributed by atoms with Gasteiger partial charge in [0.25, 0.3) is 0 Å². The molecule has 0 radical (unpaired) electrons. The van der Waals surface area contributed by atoms with Crippen molar-refractivity contribution < 1.29 is 9.59 Å². The van der Waals surface area contributed by atoms with E-state index in [-0.39, 0.29) is 17.6 Å². The van der Waals surface area contributed by atoms with Gasteiger partial charge in [-0.05, 0) is 18.3 Å². The molecule has 0 aromatic heterocycles. The van der Waals surface area contributed by atoms with Crippen molar-refractivity contribution in [3.8, 4) is 0 Å². The predicted molar refractivity (Wildman–Crippen MR) is 49.1 cm³/mol. The van der Waals surface area contributed by atoms with Gasteiger partial charge in [0.2, 0.25) is 0 Å². The topological polar surface area (TPSA) is 34.1 Å². The van der Waals surface area contributed by atoms with E-state index in [4.69, 9.17) is 0 Å². The summed E-state index contributed by atoms with van der Waals surface area (Å²) in [5.41, 5.74) is 0. The van der Waals surface area contributed by atoms with Gasteiger partial charge in [-0.25, -0.2) is 0 Å². The van der Waals surface area contributed by atoms with Crippen molar-refractivity contribution >= 4 is 12.1 Å². The molecule has 0 unspecified atom stereocenters. The summed E-state index contributed by atoms with van der Waals surface area (Å²) < 4.78 is 0. The molecule has 2 aliphatic carbocycles. The molecule has 0 heterocycles. The number of aldehydes is 1. The maximum Gasteiger partial charge on any atom is 0.137 e. The second kappa shape index (κ2) is 3.09. The Morgan fingerprint density at radius 1 is 1.46 bits per heavy atom. The Bertz CT molecular complexity index is 267. The molecule has 0 aromatic carbocycles. The van der Waals surface area contributed by atoms with Crippen molar-refractivity contribution in [2.45, 2.75) is 19.8 Å². The summed E-state index contributed by atoms with van der Waals surface area (Å²) in [5, 5.41) is 0. The Morgan fingerprint density at radius 3 is 2.77 bits per heavy atom. The first-order valence-electron chi connectivity index (χ1n) is 4.94. The van der Waals surface area contributed by atoms with Crippen molar-refractivity contribution in [1.82, 2.24) is 0 Å². The molecule has 2 heteroatoms. The lowest BCUT2D eigenvalue weighted by Crippen LogP contribution is -2.27. The van der Waals surface area contributed by atoms with Crippen molar-refractivity contribution in [1.29, 1.82) is 0 Å². The lowest BCUT2D eigenvalue weighted by atomic mass is 9.80. The highest BCUT2D eigenvalue weighted by molar-refractivity contribution is 5.85. The summed E-state index contributed by atoms with van der Waals surface area (Å²) in [6.45, 7) is 1.87. The zero-order valence-corrected chi connectivity index (χ0v) is 7.77. The molecule has 13 heavy (non-hydrogen) atoms. The number of Topliss-reactive ketones (excluding diaryl/α,β-unsaturated/α-hetero) is 1. The molecule has 4 atom stereocenters. The second-order valence-electron chi connectivity index (χ2n) is 4.01. The van der Waals surface area contributed by atoms with Crippen LogP contribution in [0.2, 0.25) is 0 Å². The van der Waals surface area contributed by atoms with Crippen LogP contribution < -0.4 is 0 Å². The molecule has 1 fully saturated rings. The average molecular weight is 178 g/mol. The van der Waals surface area contributed by atoms with E-state index in [0.29, 0.717) is 18.3 Å². The van der Waals surface area contributed by atoms with Crippen LogP contribution in [-0.2, 0) is 9.59 Å². The fourth-order valence-corrected chi connectivity index (χ4v) is 2.74. The summed E-state index contributed by atoms with van der Waals surface area (Å²) in [4.78, 5) is 22.4. The zero-order valence-electron chi connectivity index (χ0n) is 7.77. The number of rotatable bonds is 3. The number of carbonyl (C=O) groups excluding carboxylic acids is 2. The molecule has 0 aromatic rings. The van der Waals surface area contributed by atoms with Gasteiger partial charge in [-0.15, -0.1) is 0 Å². The number of fused-ring (bicyclic) bond motifs is 2. The number of hydrogen-bond acceptors (Lipinski definition) is 2. The molecule has 0 amide bonds. The van der Waals surface area contributed by atoms with Gasteiger partial charge in [-0.2, -0.15) is 0 Å². The van der Waals surface area contributed by atoms with Crippen molar-refractivity contribution in [3.05, 3.63) is 12.2 Å². The number of ketones is 1. The number of carbonyl (C=O) groups is 2. The highest BCUT2D eigenvalue weighted by atomic mass is 16.1. The van der Waals surface area contributed by atoms with E-state index in [0.717, 1.165) is 12.7 Å². The van der Waals surface area contributed by atoms with Gasteiger partial charge in [0.15, 0.2) is 0 Å². The van der Waals surface area contributed by atoms with E-state index >= 15 is 0 Å². The van der Waals surface area contributed by atoms with E-state index < -0.39 is 0 Å². The molecule has 2 rings (SSSR count). The van der Waals surface area contributed by atoms with Crippen LogP contribution in [0.25, 0.3) is 0 Å². The molecule has 2 bridgehead atoms. The van der Waals surface area contributed by atoms with Crippen molar-refractivity contribution in [2.24, 2.45) is 23.7 Å². The number of allylic oxidation sites excluding steroid dienone is 2. The van der Waals surface area contributed by atoms with Gasteiger partial charge in [0, 0.05) is 18.3 Å². The highest BCUT2D eigenvalue weighted by Crippen LogP contribution is 2.47. The Kier molecular flexibility index (Phi) is 2.06. The molecule has 1 saturated carbocycles. The van der Waals surface area contributed by atoms with Crippen LogP contribution >= 0.6 is 0 Å². The predicted octanol–water partition coefficient (Wildman–Crippen LogP) is 1.60. The van der Waals surface area contributed by atoms with Crippen molar-refractivity contribution in [3.63, 3.8) is 0 Å². The lowest BCUT2D eigenvalue weighted by molar-refractivity contribution is -0.127. The Morgan fingerprint density at radius 2 is 2.15 bits per heavy atom. The first-order valence-corrected chi connectivity index (χ1v) is 4.94. The summed E-state index contributed by atoms with van der Waals surface area (Å²) in [6, 6.07) is 0. The molecule has 0 N–H and O–H groups in total. The van der Waals surface area contributed by atoms with Crippen LogP contribution in [0.5, 0.6) is 0 Å². The van der Waals surface area contributed by atoms with E-state index in [1.54, 1.807) is 0 Å². The van der Waals surface area contributed by atoms with Gasteiger partial charge < -0.3 is 4.79 Å². The SMILES string of the molecule is CCC(=O)[C@H]1[C@@H](C=O)[C@H]2C=C[C@@H]1C2. The van der Waals surface area contributed by atoms with Crippen LogP contribution in [-0.4, -0.2) is 12.1 Å². The fourth-order valence-electron chi connectivity index (χ4n) is 2.74. The largest absolute Gasteiger partial charge is 0.303 e. The summed E-state index contributed by atoms with van der Waals surface area (Å²) in [7, 11) is 0. The van der Waals surface area contributed by atoms with Crippen molar-refractivity contribution in [2.75, 3.05) is 0 Å². The first kappa shape index (κ1) is 8.67. The summed E-state index contributed by atoms with van der Waals surface area (Å²) >= 11 is 0. The van der Waals surface area contributed by atoms with E-state index in [2.05, 4.69) is 12.2 Å². The van der Waals surface area contributed by atoms with Gasteiger partial charge in [-0.3, -0.25) is 4.79 Å². The monoisotopic (exact) mass is 178 g/mol. The van der Waals surface area contributed by atoms with Gasteiger partial charge in [0.05, 0.1) is 0 Å². The maximum atomic E-state index is 11.6. The van der Waals surface area contributed by atoms with Crippen LogP contribution in [0.3, 0.4) is 0 Å². The molecule has 70 valence electrons. The van der Waals surface area contributed by atoms with Crippen LogP contribution in [0, 0.1) is 23.7 Å². The first-order chi connectivity index (χ1) is 6.27. The Labute approximate surface area is 78.0 Å². The third kappa shape index (κ3) is 1.16. The minimum Gasteiger partial charge on any atom is -0.303 e. The highest BCUT2D eigenvalue weighted by Gasteiger charge is 2.46. The molecule has 0 saturated heterocycles. The Balaban J connectivity index is 2.23. The van der Waals surface area contributed by atoms with Crippen LogP contribution in [0.15, 0.2) is 12.2 Å². The van der Waals surface area contributed by atoms with Gasteiger partial charge in [0.1, 0.15) is 12.1 Å². The van der Waals surface area contributed by atoms with Crippen LogP contribution in [0.4, 0.5) is 0 Å². The smallest absolute Gasteiger partial charge is 0.137 e. The van der Waals surface area contributed by atoms with E-state index in [1.165, 1.54) is 0 Å². The van der Waals surface area contributed by atoms with Crippen LogP contribution in [0.1, 0.15) is 19.8 Å². The molecular formula is C11H14O2. The van der Waals surface area contributed by atoms with E-state index in [9.17, 15) is 9.59 Å². The molecular weight excluding hydrogens is 164 g/mol. The van der Waals surface area contributed by atoms with Gasteiger partial charge >= 0.3 is 0 Å². The third-order valence-electron chi connectivity index (χ3n) is 3.40. The third-order valence-corrected chi connectivity index (χ3v) is 3.40. The minimum absolute atomic E-state index is 0.00231. The van der Waals surface area contributed by atoms with E-state index in [1.807, 2.05) is 6.92 Å². The summed E-state index contributed by atoms with van der Waals surface area (Å²) in [5.74, 6) is 0.935. The summed E-state index contributed by atoms with van der Waals surface area (Å²) in [6.07, 6.45) is 6.77. The molecule has 2 nitrogen and oxygen atoms in total. The maximum absolute atomic E-state index is 11.6. The minimum atomic E-state index is -0.0255. The number of hydrogen-bond donors (Lipinski definition) is 0. The molecule has 2 aliphatic rings.